The van der Waals surface area contributed by atoms with Crippen molar-refractivity contribution in [1.82, 2.24) is 0 Å². The average Bonchev–Trinajstić information content (AvgIpc) is 2.40. The molecule has 0 atom stereocenters. The van der Waals surface area contributed by atoms with E-state index < -0.39 is 18.4 Å². The molecule has 2 heteroatoms. The molecule has 0 aromatic heterocycles. The SMILES string of the molecule is C=C(CCN)[CH2][Sn]([CH2]CCC)([CH2]CCC)[CH2]CCC. The molecular weight excluding hydrogens is 337 g/mol. The number of rotatable bonds is 13. The monoisotopic (exact) mass is 375 g/mol. The van der Waals surface area contributed by atoms with E-state index in [2.05, 4.69) is 27.4 Å². The zero-order valence-electron chi connectivity index (χ0n) is 13.8. The Morgan fingerprint density at radius 3 is 1.63 bits per heavy atom. The van der Waals surface area contributed by atoms with Gasteiger partial charge in [-0.15, -0.1) is 0 Å². The van der Waals surface area contributed by atoms with Crippen LogP contribution in [0.1, 0.15) is 65.7 Å². The molecule has 0 amide bonds. The molecule has 0 aromatic rings. The first-order valence-corrected chi connectivity index (χ1v) is 16.6. The van der Waals surface area contributed by atoms with Gasteiger partial charge in [-0.05, 0) is 0 Å². The Hall–Kier alpha value is 0.499. The van der Waals surface area contributed by atoms with Crippen molar-refractivity contribution < 1.29 is 0 Å². The van der Waals surface area contributed by atoms with E-state index >= 15 is 0 Å². The maximum atomic E-state index is 5.71. The van der Waals surface area contributed by atoms with Gasteiger partial charge in [0.05, 0.1) is 0 Å². The first kappa shape index (κ1) is 19.5. The second kappa shape index (κ2) is 12.3. The minimum atomic E-state index is -1.95. The number of nitrogens with two attached hydrogens (primary N) is 1. The summed E-state index contributed by atoms with van der Waals surface area (Å²) in [5.74, 6) is 0. The Bertz CT molecular complexity index is 204. The van der Waals surface area contributed by atoms with Crippen molar-refractivity contribution in [3.8, 4) is 0 Å². The molecule has 0 saturated heterocycles. The molecule has 0 aliphatic rings. The molecule has 114 valence electrons. The van der Waals surface area contributed by atoms with Crippen molar-refractivity contribution in [3.63, 3.8) is 0 Å². The van der Waals surface area contributed by atoms with E-state index in [1.165, 1.54) is 48.5 Å². The number of unbranched alkanes of at least 4 members (excludes halogenated alkanes) is 3. The fourth-order valence-corrected chi connectivity index (χ4v) is 19.8. The van der Waals surface area contributed by atoms with Crippen LogP contribution in [-0.4, -0.2) is 24.9 Å². The van der Waals surface area contributed by atoms with Crippen LogP contribution >= 0.6 is 0 Å². The summed E-state index contributed by atoms with van der Waals surface area (Å²) >= 11 is -1.95. The van der Waals surface area contributed by atoms with Gasteiger partial charge >= 0.3 is 126 Å². The zero-order valence-corrected chi connectivity index (χ0v) is 16.6. The second-order valence-electron chi connectivity index (χ2n) is 6.28. The van der Waals surface area contributed by atoms with Crippen molar-refractivity contribution in [3.05, 3.63) is 12.2 Å². The van der Waals surface area contributed by atoms with Crippen LogP contribution in [-0.2, 0) is 0 Å². The van der Waals surface area contributed by atoms with E-state index in [0.717, 1.165) is 13.0 Å². The van der Waals surface area contributed by atoms with Crippen molar-refractivity contribution in [2.75, 3.05) is 6.54 Å². The molecule has 0 fully saturated rings. The number of hydrogen-bond acceptors (Lipinski definition) is 1. The van der Waals surface area contributed by atoms with Crippen LogP contribution < -0.4 is 5.73 Å². The number of hydrogen-bond donors (Lipinski definition) is 1. The van der Waals surface area contributed by atoms with Gasteiger partial charge in [0.15, 0.2) is 0 Å². The molecule has 0 heterocycles. The van der Waals surface area contributed by atoms with Gasteiger partial charge in [-0.2, -0.15) is 0 Å². The zero-order chi connectivity index (χ0) is 14.6. The summed E-state index contributed by atoms with van der Waals surface area (Å²) in [4.78, 5) is 0. The molecule has 0 saturated carbocycles. The summed E-state index contributed by atoms with van der Waals surface area (Å²) in [5, 5.41) is 0. The minimum absolute atomic E-state index is 0.788. The Balaban J connectivity index is 4.70. The maximum absolute atomic E-state index is 5.71. The van der Waals surface area contributed by atoms with Gasteiger partial charge in [0.2, 0.25) is 0 Å². The molecule has 19 heavy (non-hydrogen) atoms. The third-order valence-corrected chi connectivity index (χ3v) is 20.0. The predicted molar refractivity (Wildman–Crippen MR) is 92.5 cm³/mol. The molecule has 0 aliphatic carbocycles. The van der Waals surface area contributed by atoms with Gasteiger partial charge in [0, 0.05) is 0 Å². The fraction of sp³-hybridized carbons (Fsp3) is 0.882. The van der Waals surface area contributed by atoms with Gasteiger partial charge in [-0.1, -0.05) is 0 Å². The molecular formula is C17H37NSn. The van der Waals surface area contributed by atoms with Crippen LogP contribution in [0.5, 0.6) is 0 Å². The third-order valence-electron chi connectivity index (χ3n) is 4.30. The molecule has 0 unspecified atom stereocenters. The third kappa shape index (κ3) is 9.12. The molecule has 0 aliphatic heterocycles. The van der Waals surface area contributed by atoms with Crippen LogP contribution in [0, 0.1) is 0 Å². The van der Waals surface area contributed by atoms with Gasteiger partial charge in [0.1, 0.15) is 0 Å². The van der Waals surface area contributed by atoms with E-state index in [1.807, 2.05) is 0 Å². The van der Waals surface area contributed by atoms with Crippen molar-refractivity contribution in [2.24, 2.45) is 5.73 Å². The second-order valence-corrected chi connectivity index (χ2v) is 20.1. The Kier molecular flexibility index (Phi) is 12.6. The first-order chi connectivity index (χ1) is 9.14. The summed E-state index contributed by atoms with van der Waals surface area (Å²) in [5.41, 5.74) is 7.18. The van der Waals surface area contributed by atoms with Crippen LogP contribution in [0.2, 0.25) is 17.7 Å². The molecule has 0 bridgehead atoms. The van der Waals surface area contributed by atoms with Gasteiger partial charge in [0.25, 0.3) is 0 Å². The fourth-order valence-electron chi connectivity index (χ4n) is 3.12. The first-order valence-electron chi connectivity index (χ1n) is 8.50. The summed E-state index contributed by atoms with van der Waals surface area (Å²) in [6.07, 6.45) is 9.52. The van der Waals surface area contributed by atoms with Crippen molar-refractivity contribution in [2.45, 2.75) is 83.5 Å². The predicted octanol–water partition coefficient (Wildman–Crippen LogP) is 5.74. The standard InChI is InChI=1S/C5H10N.3C4H9.Sn/c1-5(2)3-4-6;3*1-3-4-2;/h1-4,6H2;3*1,3-4H2,2H3;. The quantitative estimate of drug-likeness (QED) is 0.323. The van der Waals surface area contributed by atoms with Crippen LogP contribution in [0.3, 0.4) is 0 Å². The van der Waals surface area contributed by atoms with Crippen LogP contribution in [0.25, 0.3) is 0 Å². The molecule has 0 spiro atoms. The van der Waals surface area contributed by atoms with E-state index in [1.54, 1.807) is 13.3 Å². The summed E-state index contributed by atoms with van der Waals surface area (Å²) in [6, 6.07) is 0. The normalized spacial score (nSPS) is 11.8. The van der Waals surface area contributed by atoms with Crippen molar-refractivity contribution in [1.29, 1.82) is 0 Å². The van der Waals surface area contributed by atoms with E-state index in [9.17, 15) is 0 Å². The average molecular weight is 374 g/mol. The molecule has 0 radical (unpaired) electrons. The molecule has 1 nitrogen and oxygen atoms in total. The molecule has 0 aromatic carbocycles. The Morgan fingerprint density at radius 2 is 1.32 bits per heavy atom. The van der Waals surface area contributed by atoms with E-state index in [4.69, 9.17) is 5.73 Å². The van der Waals surface area contributed by atoms with E-state index in [0.29, 0.717) is 0 Å². The Labute approximate surface area is 126 Å². The summed E-state index contributed by atoms with van der Waals surface area (Å²) < 4.78 is 6.20. The van der Waals surface area contributed by atoms with Gasteiger partial charge < -0.3 is 0 Å². The van der Waals surface area contributed by atoms with Gasteiger partial charge in [-0.25, -0.2) is 0 Å². The molecule has 2 N–H and O–H groups in total. The van der Waals surface area contributed by atoms with Gasteiger partial charge in [-0.3, -0.25) is 0 Å². The summed E-state index contributed by atoms with van der Waals surface area (Å²) in [6.45, 7) is 12.1. The Morgan fingerprint density at radius 1 is 0.895 bits per heavy atom. The van der Waals surface area contributed by atoms with Crippen LogP contribution in [0.15, 0.2) is 12.2 Å². The van der Waals surface area contributed by atoms with E-state index in [-0.39, 0.29) is 0 Å². The topological polar surface area (TPSA) is 26.0 Å². The summed E-state index contributed by atoms with van der Waals surface area (Å²) in [7, 11) is 0. The van der Waals surface area contributed by atoms with Crippen LogP contribution in [0.4, 0.5) is 0 Å². The van der Waals surface area contributed by atoms with Crippen molar-refractivity contribution >= 4 is 18.4 Å². The molecule has 0 rings (SSSR count).